The molecule has 0 unspecified atom stereocenters. The van der Waals surface area contributed by atoms with Gasteiger partial charge < -0.3 is 22.9 Å². The maximum atomic E-state index is 9.67. The largest absolute Gasteiger partial charge is 1.00 e. The van der Waals surface area contributed by atoms with Crippen molar-refractivity contribution in [3.8, 4) is 0 Å². The van der Waals surface area contributed by atoms with Gasteiger partial charge in [-0.2, -0.15) is 0 Å². The number of nitrogens with zero attached hydrogens (tertiary/aromatic N) is 2. The Kier molecular flexibility index (Phi) is 9.46. The number of rotatable bonds is 7. The van der Waals surface area contributed by atoms with Crippen LogP contribution in [0.4, 0.5) is 12.9 Å². The van der Waals surface area contributed by atoms with E-state index in [1.54, 1.807) is 0 Å². The number of halogens is 4. The van der Waals surface area contributed by atoms with Gasteiger partial charge in [0.25, 0.3) is 0 Å². The van der Waals surface area contributed by atoms with Crippen LogP contribution in [0.3, 0.4) is 0 Å². The summed E-state index contributed by atoms with van der Waals surface area (Å²) >= 11 is 0. The lowest BCUT2D eigenvalue weighted by atomic mass is 9.60. The zero-order valence-corrected chi connectivity index (χ0v) is 17.1. The zero-order chi connectivity index (χ0) is 20.0. The highest BCUT2D eigenvalue weighted by Gasteiger charge is 2.58. The molecule has 0 aliphatic carbocycles. The Morgan fingerprint density at radius 1 is 0.964 bits per heavy atom. The van der Waals surface area contributed by atoms with Gasteiger partial charge in [-0.1, -0.05) is 35.8 Å². The molecule has 3 rings (SSSR count). The Balaban J connectivity index is 0.000000717. The smallest absolute Gasteiger partial charge is 0.762 e. The molecule has 2 saturated heterocycles. The number of benzene rings is 1. The van der Waals surface area contributed by atoms with Crippen molar-refractivity contribution < 1.29 is 35.8 Å². The first kappa shape index (κ1) is 24.9. The lowest BCUT2D eigenvalue weighted by molar-refractivity contribution is -0.870. The molecule has 0 spiro atoms. The molecule has 2 aliphatic heterocycles. The molecule has 0 bridgehead atoms. The highest BCUT2D eigenvalue weighted by atomic mass is 19.4. The minimum atomic E-state index is -3.67. The van der Waals surface area contributed by atoms with E-state index in [4.69, 9.17) is 9.31 Å². The maximum absolute atomic E-state index is 9.67. The summed E-state index contributed by atoms with van der Waals surface area (Å²) in [4.78, 5) is 0. The molecule has 0 amide bonds. The van der Waals surface area contributed by atoms with E-state index in [0.717, 1.165) is 35.2 Å². The van der Waals surface area contributed by atoms with E-state index in [1.807, 2.05) is 0 Å². The molecule has 0 atom stereocenters. The van der Waals surface area contributed by atoms with Crippen molar-refractivity contribution in [2.24, 2.45) is 0 Å². The summed E-state index contributed by atoms with van der Waals surface area (Å²) in [5, 5.41) is 0. The molecule has 28 heavy (non-hydrogen) atoms. The number of unbranched alkanes of at least 4 members (excludes halogenated alkanes) is 2. The summed E-state index contributed by atoms with van der Waals surface area (Å²) in [5.74, 6) is 0. The second-order valence-corrected chi connectivity index (χ2v) is 8.54. The van der Waals surface area contributed by atoms with Gasteiger partial charge in [-0.25, -0.2) is 0 Å². The fourth-order valence-electron chi connectivity index (χ4n) is 4.39. The second kappa shape index (κ2) is 10.6. The molecule has 0 N–H and O–H groups in total. The van der Waals surface area contributed by atoms with Gasteiger partial charge in [0.05, 0.1) is 54.0 Å². The molecule has 1 aromatic rings. The summed E-state index contributed by atoms with van der Waals surface area (Å²) in [5.41, 5.74) is 1.24. The summed E-state index contributed by atoms with van der Waals surface area (Å²) < 4.78 is 43.6. The molecule has 2 heterocycles. The topological polar surface area (TPSA) is 18.5 Å². The van der Waals surface area contributed by atoms with Crippen molar-refractivity contribution in [2.75, 3.05) is 60.5 Å². The van der Waals surface area contributed by atoms with Crippen LogP contribution in [0, 0.1) is 0 Å². The van der Waals surface area contributed by atoms with E-state index in [2.05, 4.69) is 51.5 Å². The summed E-state index contributed by atoms with van der Waals surface area (Å²) in [6.07, 6.45) is 3.87. The number of fused-ring (bicyclic) bond motifs is 1. The van der Waals surface area contributed by atoms with Crippen molar-refractivity contribution in [2.45, 2.75) is 19.3 Å². The van der Waals surface area contributed by atoms with Crippen LogP contribution in [0.15, 0.2) is 30.3 Å². The fraction of sp³-hybridized carbons (Fsp3) is 0.667. The molecule has 1 aromatic carbocycles. The average molecular weight is 406 g/mol. The van der Waals surface area contributed by atoms with Crippen LogP contribution in [0.5, 0.6) is 0 Å². The van der Waals surface area contributed by atoms with E-state index < -0.39 is 14.2 Å². The second-order valence-electron chi connectivity index (χ2n) is 8.54. The predicted molar refractivity (Wildman–Crippen MR) is 104 cm³/mol. The molecule has 2 fully saturated rings. The van der Waals surface area contributed by atoms with Gasteiger partial charge >= 0.3 is 14.2 Å². The average Bonchev–Trinajstić information content (AvgIpc) is 3.10. The standard InChI is InChI=1S/C18H32BN2O2.BF3.FH/c1-20(2,3)12-8-5-9-13-21-14-16-22-19(21,23-17-15-21)18-10-6-4-7-11-18;2-1(3)4;/h4,6-7,10-11H,5,8-9,12-17H2,1-3H3;;1H/q+1;;/p-1. The molecule has 2 aliphatic rings. The van der Waals surface area contributed by atoms with E-state index >= 15 is 0 Å². The van der Waals surface area contributed by atoms with Crippen LogP contribution in [-0.4, -0.2) is 83.6 Å². The van der Waals surface area contributed by atoms with E-state index in [0.29, 0.717) is 0 Å². The summed E-state index contributed by atoms with van der Waals surface area (Å²) in [7, 11) is 3.15. The third-order valence-corrected chi connectivity index (χ3v) is 5.64. The first-order valence-corrected chi connectivity index (χ1v) is 9.77. The van der Waals surface area contributed by atoms with E-state index in [1.165, 1.54) is 37.8 Å². The lowest BCUT2D eigenvalue weighted by Gasteiger charge is -2.47. The monoisotopic (exact) mass is 406 g/mol. The molecule has 0 radical (unpaired) electrons. The van der Waals surface area contributed by atoms with Crippen LogP contribution < -0.4 is 10.2 Å². The molecular weight excluding hydrogens is 374 g/mol. The van der Waals surface area contributed by atoms with Gasteiger partial charge in [0.15, 0.2) is 0 Å². The Hall–Kier alpha value is -1.09. The van der Waals surface area contributed by atoms with Gasteiger partial charge in [-0.15, -0.1) is 0 Å². The first-order valence-electron chi connectivity index (χ1n) is 9.77. The van der Waals surface area contributed by atoms with E-state index in [9.17, 15) is 12.9 Å². The Labute approximate surface area is 166 Å². The SMILES string of the molecule is C[N+](C)(C)CCCCC[N+]12CCO[B-]1(c1ccccc1)OCC2.FB(F)F.[F-]. The molecule has 10 heteroatoms. The Bertz CT molecular complexity index is 564. The highest BCUT2D eigenvalue weighted by molar-refractivity contribution is 6.75. The third kappa shape index (κ3) is 6.20. The summed E-state index contributed by atoms with van der Waals surface area (Å²) in [6, 6.07) is 10.6. The minimum Gasteiger partial charge on any atom is -1.00 e. The van der Waals surface area contributed by atoms with E-state index in [-0.39, 0.29) is 4.70 Å². The number of hydrogen-bond donors (Lipinski definition) is 0. The first-order chi connectivity index (χ1) is 12.7. The number of quaternary nitrogens is 2. The van der Waals surface area contributed by atoms with Crippen molar-refractivity contribution >= 4 is 19.7 Å². The molecule has 4 nitrogen and oxygen atoms in total. The Morgan fingerprint density at radius 2 is 1.50 bits per heavy atom. The van der Waals surface area contributed by atoms with Crippen LogP contribution in [0.25, 0.3) is 0 Å². The van der Waals surface area contributed by atoms with Crippen LogP contribution in [0.2, 0.25) is 0 Å². The van der Waals surface area contributed by atoms with Crippen molar-refractivity contribution in [3.05, 3.63) is 30.3 Å². The summed E-state index contributed by atoms with van der Waals surface area (Å²) in [6.45, 7) is 4.97. The molecule has 0 aromatic heterocycles. The van der Waals surface area contributed by atoms with Crippen molar-refractivity contribution in [1.82, 2.24) is 0 Å². The maximum Gasteiger partial charge on any atom is 0.762 e. The third-order valence-electron chi connectivity index (χ3n) is 5.64. The van der Waals surface area contributed by atoms with Crippen LogP contribution >= 0.6 is 0 Å². The minimum absolute atomic E-state index is 0. The van der Waals surface area contributed by atoms with Crippen LogP contribution in [0.1, 0.15) is 19.3 Å². The zero-order valence-electron chi connectivity index (χ0n) is 17.1. The Morgan fingerprint density at radius 3 is 2.00 bits per heavy atom. The van der Waals surface area contributed by atoms with Gasteiger partial charge in [0.2, 0.25) is 0 Å². The van der Waals surface area contributed by atoms with Crippen molar-refractivity contribution in [3.63, 3.8) is 0 Å². The molecular formula is C18H32B2F4N2O2. The fourth-order valence-corrected chi connectivity index (χ4v) is 4.39. The van der Waals surface area contributed by atoms with Crippen LogP contribution in [-0.2, 0) is 9.31 Å². The normalized spacial score (nSPS) is 26.1. The van der Waals surface area contributed by atoms with Crippen molar-refractivity contribution in [1.29, 1.82) is 0 Å². The predicted octanol–water partition coefficient (Wildman–Crippen LogP) is -0.530. The number of hydrogen-bond acceptors (Lipinski definition) is 2. The molecule has 0 saturated carbocycles. The van der Waals surface area contributed by atoms with Gasteiger partial charge in [-0.05, 0) is 19.3 Å². The van der Waals surface area contributed by atoms with Gasteiger partial charge in [0, 0.05) is 6.54 Å². The van der Waals surface area contributed by atoms with Gasteiger partial charge in [0.1, 0.15) is 0 Å². The lowest BCUT2D eigenvalue weighted by Crippen LogP contribution is -3.00. The molecule has 160 valence electrons. The van der Waals surface area contributed by atoms with Gasteiger partial charge in [-0.3, -0.25) is 12.9 Å². The highest BCUT2D eigenvalue weighted by Crippen LogP contribution is 2.34. The quantitative estimate of drug-likeness (QED) is 0.263.